The number of para-hydroxylation sites is 1. The molecule has 0 aliphatic carbocycles. The Labute approximate surface area is 94.6 Å². The summed E-state index contributed by atoms with van der Waals surface area (Å²) in [6.45, 7) is 3.78. The first-order valence-corrected chi connectivity index (χ1v) is 5.34. The van der Waals surface area contributed by atoms with Crippen LogP contribution in [0.15, 0.2) is 18.2 Å². The lowest BCUT2D eigenvalue weighted by atomic mass is 10.2. The van der Waals surface area contributed by atoms with Crippen LogP contribution >= 0.6 is 0 Å². The van der Waals surface area contributed by atoms with Crippen molar-refractivity contribution >= 4 is 0 Å². The molecule has 0 aromatic heterocycles. The molecule has 0 bridgehead atoms. The molecule has 1 aromatic rings. The van der Waals surface area contributed by atoms with Gasteiger partial charge < -0.3 is 10.1 Å². The highest BCUT2D eigenvalue weighted by molar-refractivity contribution is 5.34. The molecule has 16 heavy (non-hydrogen) atoms. The van der Waals surface area contributed by atoms with Crippen molar-refractivity contribution in [3.8, 4) is 5.75 Å². The molecule has 0 fully saturated rings. The maximum absolute atomic E-state index is 13.4. The van der Waals surface area contributed by atoms with Gasteiger partial charge in [-0.25, -0.2) is 8.78 Å². The Hall–Kier alpha value is -1.16. The normalized spacial score (nSPS) is 10.8. The number of halogens is 2. The number of ether oxygens (including phenoxy) is 1. The minimum Gasteiger partial charge on any atom is -0.487 e. The van der Waals surface area contributed by atoms with E-state index in [1.165, 1.54) is 6.07 Å². The van der Waals surface area contributed by atoms with Crippen LogP contribution in [0.1, 0.15) is 19.4 Å². The van der Waals surface area contributed by atoms with Crippen molar-refractivity contribution in [2.24, 2.45) is 0 Å². The Balaban J connectivity index is 2.76. The third-order valence-electron chi connectivity index (χ3n) is 2.07. The Kier molecular flexibility index (Phi) is 5.19. The van der Waals surface area contributed by atoms with E-state index in [1.807, 2.05) is 13.8 Å². The van der Waals surface area contributed by atoms with Crippen molar-refractivity contribution in [2.45, 2.75) is 26.4 Å². The Bertz CT molecular complexity index is 329. The van der Waals surface area contributed by atoms with Gasteiger partial charge in [0.25, 0.3) is 0 Å². The van der Waals surface area contributed by atoms with Crippen molar-refractivity contribution in [3.05, 3.63) is 29.6 Å². The van der Waals surface area contributed by atoms with Crippen LogP contribution < -0.4 is 10.1 Å². The molecule has 0 aliphatic rings. The van der Waals surface area contributed by atoms with Gasteiger partial charge in [0.2, 0.25) is 0 Å². The van der Waals surface area contributed by atoms with Crippen LogP contribution in [-0.4, -0.2) is 19.3 Å². The largest absolute Gasteiger partial charge is 0.487 e. The Morgan fingerprint density at radius 2 is 2.12 bits per heavy atom. The van der Waals surface area contributed by atoms with Crippen molar-refractivity contribution in [3.63, 3.8) is 0 Å². The van der Waals surface area contributed by atoms with Gasteiger partial charge >= 0.3 is 0 Å². The van der Waals surface area contributed by atoms with Crippen LogP contribution in [0.4, 0.5) is 8.78 Å². The van der Waals surface area contributed by atoms with Crippen LogP contribution in [0.25, 0.3) is 0 Å². The van der Waals surface area contributed by atoms with Gasteiger partial charge in [0, 0.05) is 18.2 Å². The summed E-state index contributed by atoms with van der Waals surface area (Å²) in [6.07, 6.45) is 0. The lowest BCUT2D eigenvalue weighted by Gasteiger charge is -2.13. The Morgan fingerprint density at radius 3 is 2.75 bits per heavy atom. The zero-order valence-corrected chi connectivity index (χ0v) is 9.59. The van der Waals surface area contributed by atoms with E-state index in [4.69, 9.17) is 4.74 Å². The molecule has 4 heteroatoms. The van der Waals surface area contributed by atoms with Crippen LogP contribution in [0, 0.1) is 5.82 Å². The maximum Gasteiger partial charge on any atom is 0.165 e. The molecule has 1 aromatic carbocycles. The number of hydrogen-bond donors (Lipinski definition) is 1. The fourth-order valence-corrected chi connectivity index (χ4v) is 1.31. The summed E-state index contributed by atoms with van der Waals surface area (Å²) < 4.78 is 30.5. The minimum atomic E-state index is -0.620. The Morgan fingerprint density at radius 1 is 1.38 bits per heavy atom. The van der Waals surface area contributed by atoms with E-state index < -0.39 is 12.5 Å². The molecule has 90 valence electrons. The van der Waals surface area contributed by atoms with Crippen LogP contribution in [0.5, 0.6) is 5.75 Å². The van der Waals surface area contributed by atoms with E-state index in [9.17, 15) is 8.78 Å². The average Bonchev–Trinajstić information content (AvgIpc) is 2.25. The third kappa shape index (κ3) is 3.77. The number of alkyl halides is 1. The van der Waals surface area contributed by atoms with Gasteiger partial charge in [-0.1, -0.05) is 26.0 Å². The number of nitrogens with one attached hydrogen (secondary N) is 1. The monoisotopic (exact) mass is 229 g/mol. The van der Waals surface area contributed by atoms with Crippen molar-refractivity contribution in [1.29, 1.82) is 0 Å². The van der Waals surface area contributed by atoms with Gasteiger partial charge in [-0.15, -0.1) is 0 Å². The van der Waals surface area contributed by atoms with E-state index in [1.54, 1.807) is 12.1 Å². The first-order chi connectivity index (χ1) is 7.65. The average molecular weight is 229 g/mol. The first kappa shape index (κ1) is 12.9. The molecule has 2 nitrogen and oxygen atoms in total. The summed E-state index contributed by atoms with van der Waals surface area (Å²) >= 11 is 0. The first-order valence-electron chi connectivity index (χ1n) is 5.34. The summed E-state index contributed by atoms with van der Waals surface area (Å²) in [7, 11) is 0. The lowest BCUT2D eigenvalue weighted by Crippen LogP contribution is -2.22. The van der Waals surface area contributed by atoms with Crippen molar-refractivity contribution in [1.82, 2.24) is 5.32 Å². The molecule has 0 unspecified atom stereocenters. The van der Waals surface area contributed by atoms with E-state index in [-0.39, 0.29) is 12.4 Å². The highest BCUT2D eigenvalue weighted by Crippen LogP contribution is 2.22. The molecule has 0 aliphatic heterocycles. The third-order valence-corrected chi connectivity index (χ3v) is 2.07. The number of rotatable bonds is 6. The van der Waals surface area contributed by atoms with Gasteiger partial charge in [0.05, 0.1) is 0 Å². The molecule has 0 atom stereocenters. The summed E-state index contributed by atoms with van der Waals surface area (Å²) in [5, 5.41) is 3.17. The molecular weight excluding hydrogens is 212 g/mol. The van der Waals surface area contributed by atoms with Gasteiger partial charge in [-0.2, -0.15) is 0 Å². The summed E-state index contributed by atoms with van der Waals surface area (Å²) in [5.74, 6) is -0.301. The predicted molar refractivity (Wildman–Crippen MR) is 59.8 cm³/mol. The van der Waals surface area contributed by atoms with E-state index in [2.05, 4.69) is 5.32 Å². The molecule has 0 saturated heterocycles. The second-order valence-electron chi connectivity index (χ2n) is 3.80. The van der Waals surface area contributed by atoms with Crippen molar-refractivity contribution in [2.75, 3.05) is 13.3 Å². The maximum atomic E-state index is 13.4. The van der Waals surface area contributed by atoms with Gasteiger partial charge in [0.1, 0.15) is 13.3 Å². The van der Waals surface area contributed by atoms with Crippen molar-refractivity contribution < 1.29 is 13.5 Å². The smallest absolute Gasteiger partial charge is 0.165 e. The predicted octanol–water partition coefficient (Wildman–Crippen LogP) is 2.67. The molecular formula is C12H17F2NO. The highest BCUT2D eigenvalue weighted by Gasteiger charge is 2.09. The summed E-state index contributed by atoms with van der Waals surface area (Å²) in [4.78, 5) is 0. The lowest BCUT2D eigenvalue weighted by molar-refractivity contribution is 0.259. The number of benzene rings is 1. The van der Waals surface area contributed by atoms with Crippen LogP contribution in [0.3, 0.4) is 0 Å². The SMILES string of the molecule is CC(C)NCc1cccc(F)c1OCCF. The summed E-state index contributed by atoms with van der Waals surface area (Å²) in [6, 6.07) is 5.00. The standard InChI is InChI=1S/C12H17F2NO/c1-9(2)15-8-10-4-3-5-11(14)12(10)16-7-6-13/h3-5,9,15H,6-8H2,1-2H3. The molecule has 0 spiro atoms. The fourth-order valence-electron chi connectivity index (χ4n) is 1.31. The van der Waals surface area contributed by atoms with Gasteiger partial charge in [0.15, 0.2) is 11.6 Å². The van der Waals surface area contributed by atoms with Gasteiger partial charge in [-0.3, -0.25) is 0 Å². The van der Waals surface area contributed by atoms with Crippen LogP contribution in [0.2, 0.25) is 0 Å². The van der Waals surface area contributed by atoms with Crippen LogP contribution in [-0.2, 0) is 6.54 Å². The molecule has 0 heterocycles. The molecule has 1 N–H and O–H groups in total. The second kappa shape index (κ2) is 6.43. The molecule has 1 rings (SSSR count). The molecule has 0 saturated carbocycles. The quantitative estimate of drug-likeness (QED) is 0.809. The molecule has 0 amide bonds. The fraction of sp³-hybridized carbons (Fsp3) is 0.500. The topological polar surface area (TPSA) is 21.3 Å². The minimum absolute atomic E-state index is 0.115. The number of hydrogen-bond acceptors (Lipinski definition) is 2. The second-order valence-corrected chi connectivity index (χ2v) is 3.80. The molecule has 0 radical (unpaired) electrons. The zero-order valence-electron chi connectivity index (χ0n) is 9.59. The highest BCUT2D eigenvalue weighted by atomic mass is 19.1. The zero-order chi connectivity index (χ0) is 12.0. The van der Waals surface area contributed by atoms with E-state index in [0.717, 1.165) is 0 Å². The van der Waals surface area contributed by atoms with Gasteiger partial charge in [-0.05, 0) is 6.07 Å². The van der Waals surface area contributed by atoms with E-state index >= 15 is 0 Å². The summed E-state index contributed by atoms with van der Waals surface area (Å²) in [5.41, 5.74) is 0.710. The van der Waals surface area contributed by atoms with E-state index in [0.29, 0.717) is 18.2 Å².